The third kappa shape index (κ3) is 5.52. The Balaban J connectivity index is 1.92. The fraction of sp³-hybridized carbons (Fsp3) is 0.667. The number of hydrogen-bond acceptors (Lipinski definition) is 8. The molecule has 0 bridgehead atoms. The fourth-order valence-corrected chi connectivity index (χ4v) is 3.20. The number of nitrogens with zero attached hydrogens (tertiary/aromatic N) is 1. The smallest absolute Gasteiger partial charge is 0.462 e. The van der Waals surface area contributed by atoms with Gasteiger partial charge in [0.15, 0.2) is 12.4 Å². The molecular formula is C15H22FN3O8P+. The van der Waals surface area contributed by atoms with Crippen LogP contribution in [0.1, 0.15) is 27.0 Å². The average molecular weight is 422 g/mol. The molecule has 1 aliphatic heterocycles. The summed E-state index contributed by atoms with van der Waals surface area (Å²) in [5.74, 6) is -0.625. The summed E-state index contributed by atoms with van der Waals surface area (Å²) in [4.78, 5) is 36.5. The molecule has 156 valence electrons. The highest BCUT2D eigenvalue weighted by molar-refractivity contribution is 7.36. The molecule has 2 rings (SSSR count). The number of carbonyl (C=O) groups excluding carboxylic acids is 1. The van der Waals surface area contributed by atoms with Gasteiger partial charge in [0, 0.05) is 12.3 Å². The number of aromatic nitrogens is 2. The summed E-state index contributed by atoms with van der Waals surface area (Å²) < 4.78 is 42.3. The van der Waals surface area contributed by atoms with Crippen LogP contribution in [0.2, 0.25) is 0 Å². The van der Waals surface area contributed by atoms with Gasteiger partial charge in [-0.05, 0) is 25.3 Å². The molecule has 1 aliphatic rings. The Hall–Kier alpha value is -1.98. The molecule has 0 aromatic carbocycles. The van der Waals surface area contributed by atoms with E-state index in [0.29, 0.717) is 0 Å². The zero-order valence-electron chi connectivity index (χ0n) is 15.4. The van der Waals surface area contributed by atoms with Crippen molar-refractivity contribution in [1.82, 2.24) is 14.6 Å². The topological polar surface area (TPSA) is 149 Å². The van der Waals surface area contributed by atoms with Crippen molar-refractivity contribution >= 4 is 14.1 Å². The molecule has 1 saturated heterocycles. The van der Waals surface area contributed by atoms with E-state index in [1.807, 2.05) is 4.98 Å². The minimum absolute atomic E-state index is 0.340. The van der Waals surface area contributed by atoms with Crippen LogP contribution in [0, 0.1) is 0 Å². The van der Waals surface area contributed by atoms with Crippen LogP contribution in [0.3, 0.4) is 0 Å². The minimum Gasteiger partial charge on any atom is -0.462 e. The zero-order valence-corrected chi connectivity index (χ0v) is 16.3. The summed E-state index contributed by atoms with van der Waals surface area (Å²) >= 11 is 0. The standard InChI is InChI=1S/C15H21FN3O8P/c1-7(2)26-14(22)8(3)18-28(24)25-6-9-12(21)11(16)13(27-9)19-5-4-10(20)17-15(19)23/h4-5,7-9,11-13,21H,6H2,1-3H3,(H-,17,18,20,23,24)/p+1/t8-,9+,11+,12+,13+/m0/s1. The van der Waals surface area contributed by atoms with E-state index in [2.05, 4.69) is 5.09 Å². The Morgan fingerprint density at radius 1 is 1.46 bits per heavy atom. The number of alkyl halides is 1. The van der Waals surface area contributed by atoms with Gasteiger partial charge in [-0.1, -0.05) is 5.09 Å². The fourth-order valence-electron chi connectivity index (χ4n) is 2.42. The minimum atomic E-state index is -2.54. The lowest BCUT2D eigenvalue weighted by Gasteiger charge is -2.15. The van der Waals surface area contributed by atoms with Crippen LogP contribution in [0.25, 0.3) is 0 Å². The number of esters is 1. The number of aliphatic hydroxyl groups excluding tert-OH is 1. The monoisotopic (exact) mass is 422 g/mol. The molecule has 6 atom stereocenters. The zero-order chi connectivity index (χ0) is 21.0. The lowest BCUT2D eigenvalue weighted by Crippen LogP contribution is -2.35. The molecule has 3 N–H and O–H groups in total. The van der Waals surface area contributed by atoms with E-state index in [1.54, 1.807) is 13.8 Å². The molecule has 1 unspecified atom stereocenters. The highest BCUT2D eigenvalue weighted by Crippen LogP contribution is 2.32. The maximum Gasteiger partial charge on any atom is 0.613 e. The van der Waals surface area contributed by atoms with Gasteiger partial charge < -0.3 is 14.6 Å². The first-order valence-corrected chi connectivity index (χ1v) is 9.63. The molecule has 1 aromatic rings. The van der Waals surface area contributed by atoms with Gasteiger partial charge in [-0.25, -0.2) is 9.18 Å². The van der Waals surface area contributed by atoms with Crippen molar-refractivity contribution < 1.29 is 32.9 Å². The first-order chi connectivity index (χ1) is 13.1. The lowest BCUT2D eigenvalue weighted by molar-refractivity contribution is -0.149. The molecule has 0 radical (unpaired) electrons. The number of hydrogen-bond donors (Lipinski definition) is 3. The van der Waals surface area contributed by atoms with Crippen LogP contribution < -0.4 is 16.3 Å². The molecule has 2 heterocycles. The summed E-state index contributed by atoms with van der Waals surface area (Å²) in [6, 6.07) is 0.0911. The number of rotatable bonds is 8. The van der Waals surface area contributed by atoms with Crippen LogP contribution >= 0.6 is 8.18 Å². The quantitative estimate of drug-likeness (QED) is 0.380. The van der Waals surface area contributed by atoms with Gasteiger partial charge in [0.1, 0.15) is 24.9 Å². The van der Waals surface area contributed by atoms with Gasteiger partial charge in [0.2, 0.25) is 0 Å². The van der Waals surface area contributed by atoms with Gasteiger partial charge in [0.25, 0.3) is 5.56 Å². The number of nitrogens with one attached hydrogen (secondary N) is 2. The van der Waals surface area contributed by atoms with Crippen LogP contribution in [0.5, 0.6) is 0 Å². The summed E-state index contributed by atoms with van der Waals surface area (Å²) in [6.07, 6.45) is -5.65. The number of aromatic amines is 1. The Kier molecular flexibility index (Phi) is 7.55. The van der Waals surface area contributed by atoms with Crippen molar-refractivity contribution in [2.24, 2.45) is 0 Å². The normalized spacial score (nSPS) is 26.3. The van der Waals surface area contributed by atoms with E-state index in [0.717, 1.165) is 16.8 Å². The summed E-state index contributed by atoms with van der Waals surface area (Å²) in [6.45, 7) is 4.29. The third-order valence-electron chi connectivity index (χ3n) is 3.78. The van der Waals surface area contributed by atoms with E-state index in [9.17, 15) is 28.4 Å². The first-order valence-electron chi connectivity index (χ1n) is 8.46. The molecule has 11 nitrogen and oxygen atoms in total. The number of ether oxygens (including phenoxy) is 2. The van der Waals surface area contributed by atoms with Crippen molar-refractivity contribution in [2.75, 3.05) is 6.61 Å². The molecule has 0 aliphatic carbocycles. The van der Waals surface area contributed by atoms with E-state index in [4.69, 9.17) is 14.0 Å². The Morgan fingerprint density at radius 3 is 2.75 bits per heavy atom. The predicted molar refractivity (Wildman–Crippen MR) is 93.5 cm³/mol. The van der Waals surface area contributed by atoms with Gasteiger partial charge in [0.05, 0.1) is 6.10 Å². The Labute approximate surface area is 159 Å². The molecule has 1 fully saturated rings. The summed E-state index contributed by atoms with van der Waals surface area (Å²) in [7, 11) is -2.54. The predicted octanol–water partition coefficient (Wildman–Crippen LogP) is -0.263. The molecule has 0 spiro atoms. The number of halogens is 1. The SMILES string of the molecule is CC(C)OC(=O)[C@H](C)N[P+](=O)OC[C@H]1O[C@@H](n2ccc(=O)[nH]c2=O)[C@H](F)[C@@H]1O. The highest BCUT2D eigenvalue weighted by atomic mass is 31.1. The van der Waals surface area contributed by atoms with E-state index in [1.165, 1.54) is 6.92 Å². The van der Waals surface area contributed by atoms with Crippen LogP contribution in [-0.2, 0) is 23.4 Å². The average Bonchev–Trinajstić information content (AvgIpc) is 2.87. The highest BCUT2D eigenvalue weighted by Gasteiger charge is 2.47. The summed E-state index contributed by atoms with van der Waals surface area (Å²) in [5.41, 5.74) is -1.57. The van der Waals surface area contributed by atoms with Crippen molar-refractivity contribution in [1.29, 1.82) is 0 Å². The van der Waals surface area contributed by atoms with Crippen molar-refractivity contribution in [3.05, 3.63) is 33.1 Å². The Bertz CT molecular complexity index is 828. The maximum absolute atomic E-state index is 14.3. The van der Waals surface area contributed by atoms with Gasteiger partial charge >= 0.3 is 19.8 Å². The molecular weight excluding hydrogens is 400 g/mol. The van der Waals surface area contributed by atoms with E-state index < -0.39 is 62.7 Å². The van der Waals surface area contributed by atoms with Gasteiger partial charge in [-0.2, -0.15) is 0 Å². The molecule has 13 heteroatoms. The molecule has 1 aromatic heterocycles. The number of H-pyrrole nitrogens is 1. The third-order valence-corrected chi connectivity index (χ3v) is 4.76. The van der Waals surface area contributed by atoms with Crippen molar-refractivity contribution in [3.63, 3.8) is 0 Å². The second-order valence-electron chi connectivity index (χ2n) is 6.41. The van der Waals surface area contributed by atoms with Gasteiger partial charge in [-0.3, -0.25) is 19.1 Å². The summed E-state index contributed by atoms with van der Waals surface area (Å²) in [5, 5.41) is 12.3. The second kappa shape index (κ2) is 9.48. The molecule has 28 heavy (non-hydrogen) atoms. The number of aliphatic hydroxyl groups is 1. The maximum atomic E-state index is 14.3. The molecule has 0 amide bonds. The van der Waals surface area contributed by atoms with E-state index in [-0.39, 0.29) is 6.10 Å². The van der Waals surface area contributed by atoms with Crippen molar-refractivity contribution in [2.45, 2.75) is 57.5 Å². The van der Waals surface area contributed by atoms with Crippen LogP contribution in [0.15, 0.2) is 21.9 Å². The van der Waals surface area contributed by atoms with Crippen LogP contribution in [0.4, 0.5) is 4.39 Å². The van der Waals surface area contributed by atoms with Crippen molar-refractivity contribution in [3.8, 4) is 0 Å². The van der Waals surface area contributed by atoms with E-state index >= 15 is 0 Å². The van der Waals surface area contributed by atoms with Crippen LogP contribution in [-0.4, -0.2) is 57.8 Å². The Morgan fingerprint density at radius 2 is 2.14 bits per heavy atom. The lowest BCUT2D eigenvalue weighted by atomic mass is 10.1. The van der Waals surface area contributed by atoms with Gasteiger partial charge in [-0.15, -0.1) is 4.52 Å². The second-order valence-corrected chi connectivity index (χ2v) is 7.44. The first kappa shape index (κ1) is 22.3. The largest absolute Gasteiger partial charge is 0.613 e. The molecule has 0 saturated carbocycles. The number of carbonyl (C=O) groups is 1.